The fourth-order valence-corrected chi connectivity index (χ4v) is 3.54. The maximum absolute atomic E-state index is 4.14. The fourth-order valence-electron chi connectivity index (χ4n) is 3.54. The van der Waals surface area contributed by atoms with Crippen LogP contribution in [0.1, 0.15) is 24.8 Å². The summed E-state index contributed by atoms with van der Waals surface area (Å²) in [6, 6.07) is 19.0. The number of hydrogen-bond donors (Lipinski definition) is 1. The molecule has 0 radical (unpaired) electrons. The number of likely N-dealkylation sites (N-methyl/N-ethyl adjacent to an activating group) is 1. The quantitative estimate of drug-likeness (QED) is 0.821. The first-order valence-electron chi connectivity index (χ1n) is 7.52. The Morgan fingerprint density at radius 1 is 1.14 bits per heavy atom. The molecule has 2 unspecified atom stereocenters. The highest BCUT2D eigenvalue weighted by Crippen LogP contribution is 2.49. The molecule has 2 atom stereocenters. The molecule has 1 aliphatic rings. The number of anilines is 2. The van der Waals surface area contributed by atoms with Gasteiger partial charge in [0, 0.05) is 24.3 Å². The second-order valence-electron chi connectivity index (χ2n) is 5.60. The monoisotopic (exact) mass is 278 g/mol. The van der Waals surface area contributed by atoms with Crippen LogP contribution in [0.2, 0.25) is 0 Å². The molecule has 21 heavy (non-hydrogen) atoms. The van der Waals surface area contributed by atoms with Crippen molar-refractivity contribution in [2.45, 2.75) is 24.9 Å². The van der Waals surface area contributed by atoms with Crippen molar-refractivity contribution in [2.75, 3.05) is 17.3 Å². The number of benzene rings is 2. The van der Waals surface area contributed by atoms with Crippen LogP contribution in [0, 0.1) is 0 Å². The smallest absolute Gasteiger partial charge is 0.136 e. The molecule has 0 spiro atoms. The highest BCUT2D eigenvalue weighted by molar-refractivity contribution is 5.68. The third-order valence-electron chi connectivity index (χ3n) is 4.60. The summed E-state index contributed by atoms with van der Waals surface area (Å²) >= 11 is 0. The van der Waals surface area contributed by atoms with Crippen LogP contribution in [0.5, 0.6) is 0 Å². The summed E-state index contributed by atoms with van der Waals surface area (Å²) in [7, 11) is 2.14. The Balaban J connectivity index is 2.07. The lowest BCUT2D eigenvalue weighted by molar-refractivity contribution is 0.473. The molecule has 3 rings (SSSR count). The van der Waals surface area contributed by atoms with Crippen molar-refractivity contribution in [3.63, 3.8) is 0 Å². The second-order valence-corrected chi connectivity index (χ2v) is 5.60. The predicted molar refractivity (Wildman–Crippen MR) is 90.9 cm³/mol. The molecule has 0 fully saturated rings. The maximum atomic E-state index is 4.14. The second kappa shape index (κ2) is 5.28. The lowest BCUT2D eigenvalue weighted by atomic mass is 9.86. The van der Waals surface area contributed by atoms with Crippen molar-refractivity contribution in [3.8, 4) is 0 Å². The van der Waals surface area contributed by atoms with E-state index in [9.17, 15) is 0 Å². The van der Waals surface area contributed by atoms with Crippen LogP contribution in [0.25, 0.3) is 0 Å². The van der Waals surface area contributed by atoms with Crippen LogP contribution in [-0.4, -0.2) is 12.7 Å². The first-order valence-corrected chi connectivity index (χ1v) is 7.52. The topological polar surface area (TPSA) is 15.3 Å². The van der Waals surface area contributed by atoms with E-state index in [4.69, 9.17) is 0 Å². The van der Waals surface area contributed by atoms with Crippen LogP contribution in [0.15, 0.2) is 67.3 Å². The van der Waals surface area contributed by atoms with E-state index < -0.39 is 0 Å². The van der Waals surface area contributed by atoms with Gasteiger partial charge in [-0.3, -0.25) is 0 Å². The summed E-state index contributed by atoms with van der Waals surface area (Å²) in [5.41, 5.74) is 3.52. The van der Waals surface area contributed by atoms with Gasteiger partial charge in [-0.05, 0) is 36.3 Å². The van der Waals surface area contributed by atoms with Gasteiger partial charge in [0.25, 0.3) is 0 Å². The zero-order valence-electron chi connectivity index (χ0n) is 12.7. The Labute approximate surface area is 127 Å². The molecule has 2 aromatic carbocycles. The van der Waals surface area contributed by atoms with E-state index in [1.807, 2.05) is 12.1 Å². The number of nitrogens with one attached hydrogen (secondary N) is 1. The molecule has 1 aliphatic heterocycles. The third-order valence-corrected chi connectivity index (χ3v) is 4.60. The zero-order valence-corrected chi connectivity index (χ0v) is 12.7. The van der Waals surface area contributed by atoms with Crippen molar-refractivity contribution in [2.24, 2.45) is 0 Å². The molecule has 0 bridgehead atoms. The molecule has 2 heteroatoms. The summed E-state index contributed by atoms with van der Waals surface area (Å²) < 4.78 is 0. The maximum Gasteiger partial charge on any atom is 0.136 e. The Kier molecular flexibility index (Phi) is 3.46. The third kappa shape index (κ3) is 2.02. The van der Waals surface area contributed by atoms with Crippen LogP contribution >= 0.6 is 0 Å². The van der Waals surface area contributed by atoms with Crippen LogP contribution in [0.3, 0.4) is 0 Å². The molecule has 2 aromatic rings. The van der Waals surface area contributed by atoms with Crippen LogP contribution in [0.4, 0.5) is 11.4 Å². The summed E-state index contributed by atoms with van der Waals surface area (Å²) in [6.45, 7) is 6.38. The number of nitrogens with zero attached hydrogens (tertiary/aromatic N) is 1. The van der Waals surface area contributed by atoms with Gasteiger partial charge < -0.3 is 10.2 Å². The molecule has 108 valence electrons. The Bertz CT molecular complexity index is 635. The van der Waals surface area contributed by atoms with Gasteiger partial charge in [-0.25, -0.2) is 0 Å². The van der Waals surface area contributed by atoms with E-state index in [0.29, 0.717) is 5.92 Å². The van der Waals surface area contributed by atoms with Gasteiger partial charge in [-0.15, -0.1) is 0 Å². The van der Waals surface area contributed by atoms with E-state index in [1.165, 1.54) is 11.3 Å². The summed E-state index contributed by atoms with van der Waals surface area (Å²) in [6.07, 6.45) is 3.11. The minimum Gasteiger partial charge on any atom is -0.359 e. The lowest BCUT2D eigenvalue weighted by Crippen LogP contribution is -2.51. The molecule has 1 heterocycles. The molecule has 0 amide bonds. The summed E-state index contributed by atoms with van der Waals surface area (Å²) in [5, 5.41) is 3.71. The number of hydrogen-bond acceptors (Lipinski definition) is 2. The van der Waals surface area contributed by atoms with Gasteiger partial charge in [0.1, 0.15) is 5.66 Å². The minimum absolute atomic E-state index is 0.278. The van der Waals surface area contributed by atoms with Crippen molar-refractivity contribution in [1.82, 2.24) is 0 Å². The van der Waals surface area contributed by atoms with Crippen LogP contribution in [-0.2, 0) is 0 Å². The number of rotatable bonds is 4. The van der Waals surface area contributed by atoms with E-state index >= 15 is 0 Å². The highest BCUT2D eigenvalue weighted by Gasteiger charge is 2.46. The molecular formula is C19H22N2. The molecule has 2 nitrogen and oxygen atoms in total. The summed E-state index contributed by atoms with van der Waals surface area (Å²) in [5.74, 6) is 0.386. The molecular weight excluding hydrogens is 256 g/mol. The molecule has 0 saturated carbocycles. The van der Waals surface area contributed by atoms with E-state index in [2.05, 4.69) is 79.3 Å². The number of fused-ring (bicyclic) bond motifs is 1. The lowest BCUT2D eigenvalue weighted by Gasteiger charge is -2.41. The van der Waals surface area contributed by atoms with Gasteiger partial charge in [0.2, 0.25) is 0 Å². The molecule has 0 saturated heterocycles. The first-order chi connectivity index (χ1) is 10.2. The molecule has 0 aliphatic carbocycles. The standard InChI is InChI=1S/C19H22N2/c1-4-17-16-13-9-10-14-18(16)21(3)19(17,5-2)20-15-11-7-6-8-12-15/h5-14,17,20H,2,4H2,1,3H3. The van der Waals surface area contributed by atoms with Gasteiger partial charge in [-0.1, -0.05) is 49.9 Å². The van der Waals surface area contributed by atoms with E-state index in [1.54, 1.807) is 0 Å². The Hall–Kier alpha value is -2.22. The van der Waals surface area contributed by atoms with Crippen molar-refractivity contribution in [3.05, 3.63) is 72.8 Å². The number of para-hydroxylation sites is 2. The molecule has 1 N–H and O–H groups in total. The van der Waals surface area contributed by atoms with Gasteiger partial charge in [0.15, 0.2) is 0 Å². The average Bonchev–Trinajstić information content (AvgIpc) is 2.78. The fraction of sp³-hybridized carbons (Fsp3) is 0.263. The van der Waals surface area contributed by atoms with Gasteiger partial charge >= 0.3 is 0 Å². The van der Waals surface area contributed by atoms with Gasteiger partial charge in [0.05, 0.1) is 0 Å². The first kappa shape index (κ1) is 13.7. The van der Waals surface area contributed by atoms with E-state index in [0.717, 1.165) is 12.1 Å². The normalized spacial score (nSPS) is 23.7. The molecule has 0 aromatic heterocycles. The van der Waals surface area contributed by atoms with Crippen LogP contribution < -0.4 is 10.2 Å². The SMILES string of the molecule is C=CC1(Nc2ccccc2)C(CC)c2ccccc2N1C. The Morgan fingerprint density at radius 3 is 2.48 bits per heavy atom. The average molecular weight is 278 g/mol. The zero-order chi connectivity index (χ0) is 14.9. The summed E-state index contributed by atoms with van der Waals surface area (Å²) in [4.78, 5) is 2.32. The highest BCUT2D eigenvalue weighted by atomic mass is 15.3. The van der Waals surface area contributed by atoms with E-state index in [-0.39, 0.29) is 5.66 Å². The van der Waals surface area contributed by atoms with Crippen molar-refractivity contribution >= 4 is 11.4 Å². The Morgan fingerprint density at radius 2 is 1.81 bits per heavy atom. The largest absolute Gasteiger partial charge is 0.359 e. The predicted octanol–water partition coefficient (Wildman–Crippen LogP) is 4.62. The van der Waals surface area contributed by atoms with Crippen molar-refractivity contribution in [1.29, 1.82) is 0 Å². The van der Waals surface area contributed by atoms with Gasteiger partial charge in [-0.2, -0.15) is 0 Å². The van der Waals surface area contributed by atoms with Crippen molar-refractivity contribution < 1.29 is 0 Å². The minimum atomic E-state index is -0.278.